The average Bonchev–Trinajstić information content (AvgIpc) is 3.25. The van der Waals surface area contributed by atoms with Gasteiger partial charge in [0.1, 0.15) is 0 Å². The number of rotatable bonds is 4. The van der Waals surface area contributed by atoms with Gasteiger partial charge in [-0.1, -0.05) is 18.2 Å². The van der Waals surface area contributed by atoms with Gasteiger partial charge in [-0.2, -0.15) is 10.2 Å². The lowest BCUT2D eigenvalue weighted by Crippen LogP contribution is -2.13. The number of aryl methyl sites for hydroxylation is 3. The molecule has 1 amide bonds. The second kappa shape index (κ2) is 6.68. The monoisotopic (exact) mass is 360 g/mol. The Hall–Kier alpha value is -3.48. The Morgan fingerprint density at radius 1 is 1.19 bits per heavy atom. The zero-order chi connectivity index (χ0) is 19.0. The number of fused-ring (bicyclic) bond motifs is 1. The van der Waals surface area contributed by atoms with Crippen LogP contribution in [0.5, 0.6) is 0 Å². The number of nitrogens with one attached hydrogen (secondary N) is 1. The SMILES string of the molecule is CCn1cc(-c2cc(C(=O)Nc3ccn(C)n3)c3ccccc3n2)c(C)n1. The molecule has 0 unspecified atom stereocenters. The molecule has 7 nitrogen and oxygen atoms in total. The minimum absolute atomic E-state index is 0.214. The summed E-state index contributed by atoms with van der Waals surface area (Å²) < 4.78 is 3.52. The van der Waals surface area contributed by atoms with Crippen LogP contribution in [0.1, 0.15) is 23.0 Å². The molecule has 3 aromatic heterocycles. The van der Waals surface area contributed by atoms with Gasteiger partial charge in [0, 0.05) is 43.0 Å². The van der Waals surface area contributed by atoms with Crippen molar-refractivity contribution in [1.82, 2.24) is 24.5 Å². The molecule has 0 aliphatic heterocycles. The summed E-state index contributed by atoms with van der Waals surface area (Å²) in [6.45, 7) is 4.77. The molecule has 0 saturated heterocycles. The van der Waals surface area contributed by atoms with Crippen molar-refractivity contribution in [2.24, 2.45) is 7.05 Å². The molecule has 3 heterocycles. The molecule has 4 aromatic rings. The Bertz CT molecular complexity index is 1140. The molecular weight excluding hydrogens is 340 g/mol. The molecule has 4 rings (SSSR count). The quantitative estimate of drug-likeness (QED) is 0.605. The molecule has 0 bridgehead atoms. The first-order valence-corrected chi connectivity index (χ1v) is 8.80. The molecule has 7 heteroatoms. The van der Waals surface area contributed by atoms with Gasteiger partial charge in [0.25, 0.3) is 5.91 Å². The molecule has 0 aliphatic rings. The van der Waals surface area contributed by atoms with Crippen LogP contribution >= 0.6 is 0 Å². The van der Waals surface area contributed by atoms with Gasteiger partial charge in [-0.05, 0) is 26.0 Å². The van der Waals surface area contributed by atoms with E-state index in [4.69, 9.17) is 4.98 Å². The van der Waals surface area contributed by atoms with Crippen molar-refractivity contribution in [3.05, 3.63) is 60.0 Å². The van der Waals surface area contributed by atoms with Crippen LogP contribution < -0.4 is 5.32 Å². The largest absolute Gasteiger partial charge is 0.305 e. The zero-order valence-electron chi connectivity index (χ0n) is 15.5. The first kappa shape index (κ1) is 17.0. The van der Waals surface area contributed by atoms with Crippen LogP contribution in [0.25, 0.3) is 22.2 Å². The molecule has 1 aromatic carbocycles. The number of hydrogen-bond acceptors (Lipinski definition) is 4. The van der Waals surface area contributed by atoms with Crippen LogP contribution in [-0.2, 0) is 13.6 Å². The Labute approximate surface area is 156 Å². The Balaban J connectivity index is 1.83. The highest BCUT2D eigenvalue weighted by atomic mass is 16.1. The third-order valence-electron chi connectivity index (χ3n) is 4.46. The van der Waals surface area contributed by atoms with Gasteiger partial charge < -0.3 is 5.32 Å². The number of pyridine rings is 1. The number of amides is 1. The summed E-state index contributed by atoms with van der Waals surface area (Å²) in [5, 5.41) is 12.4. The smallest absolute Gasteiger partial charge is 0.257 e. The summed E-state index contributed by atoms with van der Waals surface area (Å²) in [6, 6.07) is 11.2. The number of aromatic nitrogens is 5. The molecule has 0 fully saturated rings. The van der Waals surface area contributed by atoms with E-state index >= 15 is 0 Å². The van der Waals surface area contributed by atoms with E-state index in [0.29, 0.717) is 11.4 Å². The normalized spacial score (nSPS) is 11.1. The standard InChI is InChI=1S/C20H20N6O/c1-4-26-12-16(13(2)23-26)18-11-15(14-7-5-6-8-17(14)21-18)20(27)22-19-9-10-25(3)24-19/h5-12H,4H2,1-3H3,(H,22,24,27). The van der Waals surface area contributed by atoms with Crippen molar-refractivity contribution < 1.29 is 4.79 Å². The lowest BCUT2D eigenvalue weighted by Gasteiger charge is -2.09. The molecule has 0 atom stereocenters. The van der Waals surface area contributed by atoms with Gasteiger partial charge in [-0.25, -0.2) is 4.98 Å². The minimum Gasteiger partial charge on any atom is -0.305 e. The molecule has 0 saturated carbocycles. The van der Waals surface area contributed by atoms with Crippen molar-refractivity contribution in [2.45, 2.75) is 20.4 Å². The topological polar surface area (TPSA) is 77.6 Å². The van der Waals surface area contributed by atoms with E-state index in [1.54, 1.807) is 16.9 Å². The Morgan fingerprint density at radius 3 is 2.70 bits per heavy atom. The Kier molecular flexibility index (Phi) is 4.19. The first-order valence-electron chi connectivity index (χ1n) is 8.80. The van der Waals surface area contributed by atoms with Crippen molar-refractivity contribution in [3.8, 4) is 11.3 Å². The second-order valence-corrected chi connectivity index (χ2v) is 6.38. The van der Waals surface area contributed by atoms with E-state index in [-0.39, 0.29) is 5.91 Å². The molecule has 0 spiro atoms. The summed E-state index contributed by atoms with van der Waals surface area (Å²) in [4.78, 5) is 17.7. The van der Waals surface area contributed by atoms with Crippen molar-refractivity contribution in [2.75, 3.05) is 5.32 Å². The van der Waals surface area contributed by atoms with Gasteiger partial charge in [0.2, 0.25) is 0 Å². The van der Waals surface area contributed by atoms with Crippen molar-refractivity contribution in [3.63, 3.8) is 0 Å². The fourth-order valence-corrected chi connectivity index (χ4v) is 3.10. The van der Waals surface area contributed by atoms with Gasteiger partial charge in [-0.15, -0.1) is 0 Å². The number of benzene rings is 1. The van der Waals surface area contributed by atoms with Crippen molar-refractivity contribution in [1.29, 1.82) is 0 Å². The molecule has 1 N–H and O–H groups in total. The van der Waals surface area contributed by atoms with Crippen LogP contribution in [0, 0.1) is 6.92 Å². The van der Waals surface area contributed by atoms with Crippen LogP contribution in [0.2, 0.25) is 0 Å². The summed E-state index contributed by atoms with van der Waals surface area (Å²) in [6.07, 6.45) is 3.75. The molecule has 0 aliphatic carbocycles. The number of carbonyl (C=O) groups excluding carboxylic acids is 1. The van der Waals surface area contributed by atoms with E-state index in [2.05, 4.69) is 15.5 Å². The first-order chi connectivity index (χ1) is 13.0. The highest BCUT2D eigenvalue weighted by Crippen LogP contribution is 2.27. The molecular formula is C20H20N6O. The van der Waals surface area contributed by atoms with Crippen LogP contribution in [0.15, 0.2) is 48.8 Å². The number of anilines is 1. The van der Waals surface area contributed by atoms with E-state index in [1.165, 1.54) is 0 Å². The Morgan fingerprint density at radius 2 is 2.00 bits per heavy atom. The fourth-order valence-electron chi connectivity index (χ4n) is 3.10. The number of hydrogen-bond donors (Lipinski definition) is 1. The maximum Gasteiger partial charge on any atom is 0.257 e. The van der Waals surface area contributed by atoms with Gasteiger partial charge >= 0.3 is 0 Å². The third kappa shape index (κ3) is 3.19. The highest BCUT2D eigenvalue weighted by molar-refractivity contribution is 6.12. The van der Waals surface area contributed by atoms with Crippen LogP contribution in [-0.4, -0.2) is 30.5 Å². The zero-order valence-corrected chi connectivity index (χ0v) is 15.5. The molecule has 27 heavy (non-hydrogen) atoms. The van der Waals surface area contributed by atoms with Gasteiger partial charge in [-0.3, -0.25) is 14.2 Å². The third-order valence-corrected chi connectivity index (χ3v) is 4.46. The lowest BCUT2D eigenvalue weighted by atomic mass is 10.0. The predicted molar refractivity (Wildman–Crippen MR) is 105 cm³/mol. The lowest BCUT2D eigenvalue weighted by molar-refractivity contribution is 0.102. The maximum atomic E-state index is 13.0. The van der Waals surface area contributed by atoms with Crippen molar-refractivity contribution >= 4 is 22.6 Å². The fraction of sp³-hybridized carbons (Fsp3) is 0.200. The number of para-hydroxylation sites is 1. The average molecular weight is 360 g/mol. The summed E-state index contributed by atoms with van der Waals surface area (Å²) in [5.74, 6) is 0.300. The maximum absolute atomic E-state index is 13.0. The molecule has 0 radical (unpaired) electrons. The summed E-state index contributed by atoms with van der Waals surface area (Å²) >= 11 is 0. The number of nitrogens with zero attached hydrogens (tertiary/aromatic N) is 5. The van der Waals surface area contributed by atoms with E-state index in [1.807, 2.05) is 62.1 Å². The number of carbonyl (C=O) groups is 1. The highest BCUT2D eigenvalue weighted by Gasteiger charge is 2.17. The predicted octanol–water partition coefficient (Wildman–Crippen LogP) is 3.41. The van der Waals surface area contributed by atoms with Crippen LogP contribution in [0.3, 0.4) is 0 Å². The van der Waals surface area contributed by atoms with Gasteiger partial charge in [0.05, 0.1) is 22.5 Å². The summed E-state index contributed by atoms with van der Waals surface area (Å²) in [5.41, 5.74) is 3.87. The van der Waals surface area contributed by atoms with E-state index in [9.17, 15) is 4.79 Å². The minimum atomic E-state index is -0.214. The van der Waals surface area contributed by atoms with Gasteiger partial charge in [0.15, 0.2) is 5.82 Å². The van der Waals surface area contributed by atoms with E-state index in [0.717, 1.165) is 34.4 Å². The second-order valence-electron chi connectivity index (χ2n) is 6.38. The van der Waals surface area contributed by atoms with E-state index < -0.39 is 0 Å². The summed E-state index contributed by atoms with van der Waals surface area (Å²) in [7, 11) is 1.81. The van der Waals surface area contributed by atoms with Crippen LogP contribution in [0.4, 0.5) is 5.82 Å². The molecule has 136 valence electrons.